The van der Waals surface area contributed by atoms with E-state index < -0.39 is 10.0 Å². The highest BCUT2D eigenvalue weighted by molar-refractivity contribution is 7.88. The number of halogens is 1. The van der Waals surface area contributed by atoms with Crippen LogP contribution in [0.4, 0.5) is 0 Å². The molecule has 0 radical (unpaired) electrons. The molecule has 1 aliphatic heterocycles. The second-order valence-electron chi connectivity index (χ2n) is 5.00. The lowest BCUT2D eigenvalue weighted by Gasteiger charge is -2.35. The fourth-order valence-corrected chi connectivity index (χ4v) is 3.03. The summed E-state index contributed by atoms with van der Waals surface area (Å²) in [6.45, 7) is 0.880. The number of H-pyrrole nitrogens is 1. The van der Waals surface area contributed by atoms with E-state index in [0.717, 1.165) is 25.5 Å². The fraction of sp³-hybridized carbons (Fsp3) is 0.583. The van der Waals surface area contributed by atoms with Crippen molar-refractivity contribution in [2.24, 2.45) is 0 Å². The summed E-state index contributed by atoms with van der Waals surface area (Å²) in [5.74, 6) is -0.142. The van der Waals surface area contributed by atoms with Crippen LogP contribution in [0.1, 0.15) is 29.8 Å². The van der Waals surface area contributed by atoms with Crippen molar-refractivity contribution in [3.63, 3.8) is 0 Å². The minimum atomic E-state index is -3.25. The molecule has 0 spiro atoms. The Labute approximate surface area is 123 Å². The molecule has 0 aliphatic carbocycles. The van der Waals surface area contributed by atoms with E-state index in [4.69, 9.17) is 11.6 Å². The summed E-state index contributed by atoms with van der Waals surface area (Å²) >= 11 is 5.81. The molecule has 0 bridgehead atoms. The zero-order chi connectivity index (χ0) is 14.8. The summed E-state index contributed by atoms with van der Waals surface area (Å²) in [4.78, 5) is 17.0. The zero-order valence-electron chi connectivity index (χ0n) is 11.2. The Bertz CT molecular complexity index is 585. The van der Waals surface area contributed by atoms with Gasteiger partial charge in [0.2, 0.25) is 10.0 Å². The molecule has 8 heteroatoms. The molecule has 1 aliphatic rings. The van der Waals surface area contributed by atoms with Crippen molar-refractivity contribution in [3.05, 3.63) is 23.0 Å². The van der Waals surface area contributed by atoms with E-state index >= 15 is 0 Å². The van der Waals surface area contributed by atoms with Crippen LogP contribution in [0, 0.1) is 0 Å². The smallest absolute Gasteiger partial charge is 0.270 e. The molecule has 1 saturated heterocycles. The van der Waals surface area contributed by atoms with Gasteiger partial charge in [0.05, 0.1) is 11.3 Å². The Hall–Kier alpha value is -1.05. The summed E-state index contributed by atoms with van der Waals surface area (Å²) in [6.07, 6.45) is 5.39. The number of amides is 1. The van der Waals surface area contributed by atoms with Gasteiger partial charge in [-0.25, -0.2) is 13.1 Å². The molecule has 0 aromatic carbocycles. The number of likely N-dealkylation sites (tertiary alicyclic amines) is 1. The molecule has 1 aromatic heterocycles. The summed E-state index contributed by atoms with van der Waals surface area (Å²) in [6, 6.07) is 1.47. The predicted molar refractivity (Wildman–Crippen MR) is 77.3 cm³/mol. The molecule has 20 heavy (non-hydrogen) atoms. The van der Waals surface area contributed by atoms with Gasteiger partial charge < -0.3 is 9.88 Å². The lowest BCUT2D eigenvalue weighted by atomic mass is 10.0. The molecule has 1 amide bonds. The third kappa shape index (κ3) is 3.97. The van der Waals surface area contributed by atoms with Crippen molar-refractivity contribution in [1.29, 1.82) is 0 Å². The first kappa shape index (κ1) is 15.3. The molecular formula is C12H18ClN3O3S. The molecule has 2 N–H and O–H groups in total. The molecule has 0 saturated carbocycles. The summed E-state index contributed by atoms with van der Waals surface area (Å²) < 4.78 is 24.8. The average Bonchev–Trinajstić information content (AvgIpc) is 2.82. The normalized spacial score (nSPS) is 20.1. The van der Waals surface area contributed by atoms with Crippen molar-refractivity contribution in [2.45, 2.75) is 25.3 Å². The highest BCUT2D eigenvalue weighted by atomic mass is 35.5. The Morgan fingerprint density at radius 3 is 2.90 bits per heavy atom. The molecule has 6 nitrogen and oxygen atoms in total. The molecule has 1 aromatic rings. The fourth-order valence-electron chi connectivity index (χ4n) is 2.37. The number of carbonyl (C=O) groups is 1. The number of piperidine rings is 1. The number of hydrogen-bond donors (Lipinski definition) is 2. The van der Waals surface area contributed by atoms with Gasteiger partial charge >= 0.3 is 0 Å². The van der Waals surface area contributed by atoms with Gasteiger partial charge in [-0.2, -0.15) is 0 Å². The van der Waals surface area contributed by atoms with Crippen LogP contribution in [0.5, 0.6) is 0 Å². The van der Waals surface area contributed by atoms with Gasteiger partial charge in [-0.1, -0.05) is 11.6 Å². The van der Waals surface area contributed by atoms with E-state index in [-0.39, 0.29) is 18.5 Å². The van der Waals surface area contributed by atoms with Crippen LogP contribution in [0.15, 0.2) is 12.3 Å². The molecule has 1 fully saturated rings. The van der Waals surface area contributed by atoms with Gasteiger partial charge in [0.25, 0.3) is 5.91 Å². The predicted octanol–water partition coefficient (Wildman–Crippen LogP) is 1.21. The van der Waals surface area contributed by atoms with Gasteiger partial charge in [0.1, 0.15) is 5.69 Å². The van der Waals surface area contributed by atoms with Crippen molar-refractivity contribution in [1.82, 2.24) is 14.6 Å². The van der Waals surface area contributed by atoms with E-state index in [0.29, 0.717) is 17.3 Å². The maximum atomic E-state index is 12.4. The second-order valence-corrected chi connectivity index (χ2v) is 7.27. The molecule has 112 valence electrons. The van der Waals surface area contributed by atoms with Crippen LogP contribution in [0.2, 0.25) is 5.02 Å². The number of sulfonamides is 1. The largest absolute Gasteiger partial charge is 0.356 e. The van der Waals surface area contributed by atoms with Crippen LogP contribution in [-0.4, -0.2) is 49.6 Å². The Kier molecular flexibility index (Phi) is 4.72. The van der Waals surface area contributed by atoms with Crippen molar-refractivity contribution in [2.75, 3.05) is 19.3 Å². The number of nitrogens with zero attached hydrogens (tertiary/aromatic N) is 1. The third-order valence-corrected chi connectivity index (χ3v) is 4.26. The number of aromatic amines is 1. The van der Waals surface area contributed by atoms with Crippen molar-refractivity contribution >= 4 is 27.5 Å². The first-order valence-electron chi connectivity index (χ1n) is 6.46. The maximum absolute atomic E-state index is 12.4. The molecule has 1 atom stereocenters. The van der Waals surface area contributed by atoms with Crippen molar-refractivity contribution in [3.8, 4) is 0 Å². The van der Waals surface area contributed by atoms with Crippen LogP contribution in [-0.2, 0) is 10.0 Å². The first-order chi connectivity index (χ1) is 9.37. The van der Waals surface area contributed by atoms with Gasteiger partial charge in [-0.15, -0.1) is 0 Å². The van der Waals surface area contributed by atoms with Gasteiger partial charge in [0.15, 0.2) is 0 Å². The van der Waals surface area contributed by atoms with E-state index in [1.165, 1.54) is 0 Å². The average molecular weight is 320 g/mol. The minimum absolute atomic E-state index is 0.118. The number of nitrogens with one attached hydrogen (secondary N) is 2. The lowest BCUT2D eigenvalue weighted by molar-refractivity contribution is 0.0613. The second kappa shape index (κ2) is 6.15. The highest BCUT2D eigenvalue weighted by Gasteiger charge is 2.28. The monoisotopic (exact) mass is 319 g/mol. The van der Waals surface area contributed by atoms with Crippen LogP contribution >= 0.6 is 11.6 Å². The number of aromatic nitrogens is 1. The standard InChI is InChI=1S/C12H18ClN3O3S/c1-20(18,19)15-8-10-4-2-3-5-16(10)12(17)11-6-9(13)7-14-11/h6-7,10,14-15H,2-5,8H2,1H3/t10-/m0/s1. The van der Waals surface area contributed by atoms with E-state index in [1.807, 2.05) is 0 Å². The third-order valence-electron chi connectivity index (χ3n) is 3.35. The van der Waals surface area contributed by atoms with Crippen LogP contribution in [0.3, 0.4) is 0 Å². The van der Waals surface area contributed by atoms with Crippen molar-refractivity contribution < 1.29 is 13.2 Å². The Morgan fingerprint density at radius 1 is 1.55 bits per heavy atom. The molecule has 0 unspecified atom stereocenters. The van der Waals surface area contributed by atoms with Gasteiger partial charge in [-0.3, -0.25) is 4.79 Å². The lowest BCUT2D eigenvalue weighted by Crippen LogP contribution is -2.49. The maximum Gasteiger partial charge on any atom is 0.270 e. The summed E-state index contributed by atoms with van der Waals surface area (Å²) in [5.41, 5.74) is 0.432. The van der Waals surface area contributed by atoms with E-state index in [2.05, 4.69) is 9.71 Å². The highest BCUT2D eigenvalue weighted by Crippen LogP contribution is 2.20. The Balaban J connectivity index is 2.08. The number of rotatable bonds is 4. The summed E-state index contributed by atoms with van der Waals surface area (Å²) in [5, 5.41) is 0.483. The zero-order valence-corrected chi connectivity index (χ0v) is 12.8. The SMILES string of the molecule is CS(=O)(=O)NC[C@@H]1CCCCN1C(=O)c1cc(Cl)c[nH]1. The molecular weight excluding hydrogens is 302 g/mol. The quantitative estimate of drug-likeness (QED) is 0.875. The van der Waals surface area contributed by atoms with E-state index in [9.17, 15) is 13.2 Å². The van der Waals surface area contributed by atoms with Gasteiger partial charge in [-0.05, 0) is 25.3 Å². The first-order valence-corrected chi connectivity index (χ1v) is 8.73. The van der Waals surface area contributed by atoms with E-state index in [1.54, 1.807) is 17.2 Å². The molecule has 2 heterocycles. The number of hydrogen-bond acceptors (Lipinski definition) is 3. The minimum Gasteiger partial charge on any atom is -0.356 e. The Morgan fingerprint density at radius 2 is 2.30 bits per heavy atom. The topological polar surface area (TPSA) is 82.3 Å². The van der Waals surface area contributed by atoms with Crippen LogP contribution < -0.4 is 4.72 Å². The van der Waals surface area contributed by atoms with Crippen LogP contribution in [0.25, 0.3) is 0 Å². The number of carbonyl (C=O) groups excluding carboxylic acids is 1. The summed E-state index contributed by atoms with van der Waals surface area (Å²) in [7, 11) is -3.25. The van der Waals surface area contributed by atoms with Gasteiger partial charge in [0, 0.05) is 25.3 Å². The molecule has 2 rings (SSSR count).